The number of methoxy groups -OCH3 is 1. The summed E-state index contributed by atoms with van der Waals surface area (Å²) in [7, 11) is 1.57. The van der Waals surface area contributed by atoms with Gasteiger partial charge in [0, 0.05) is 11.9 Å². The highest BCUT2D eigenvalue weighted by molar-refractivity contribution is 7.99. The van der Waals surface area contributed by atoms with Crippen LogP contribution in [0.25, 0.3) is 17.2 Å². The number of nitrogens with one attached hydrogen (secondary N) is 1. The summed E-state index contributed by atoms with van der Waals surface area (Å²) in [5.41, 5.74) is 2.24. The van der Waals surface area contributed by atoms with E-state index in [2.05, 4.69) is 20.5 Å². The minimum absolute atomic E-state index is 0.161. The van der Waals surface area contributed by atoms with Crippen molar-refractivity contribution in [3.63, 3.8) is 0 Å². The fourth-order valence-electron chi connectivity index (χ4n) is 2.90. The fraction of sp³-hybridized carbons (Fsp3) is 0.0909. The van der Waals surface area contributed by atoms with Gasteiger partial charge in [0.1, 0.15) is 11.4 Å². The number of para-hydroxylation sites is 3. The number of carbonyl (C=O) groups is 1. The predicted molar refractivity (Wildman–Crippen MR) is 117 cm³/mol. The quantitative estimate of drug-likeness (QED) is 0.457. The van der Waals surface area contributed by atoms with Gasteiger partial charge in [0.25, 0.3) is 0 Å². The van der Waals surface area contributed by atoms with Gasteiger partial charge in [0.05, 0.1) is 18.6 Å². The van der Waals surface area contributed by atoms with Crippen LogP contribution in [0.3, 0.4) is 0 Å². The number of amides is 1. The van der Waals surface area contributed by atoms with Crippen LogP contribution in [0.1, 0.15) is 0 Å². The Bertz CT molecular complexity index is 1130. The lowest BCUT2D eigenvalue weighted by molar-refractivity contribution is -0.113. The van der Waals surface area contributed by atoms with E-state index in [4.69, 9.17) is 4.74 Å². The van der Waals surface area contributed by atoms with Gasteiger partial charge in [-0.1, -0.05) is 48.2 Å². The molecule has 1 amide bonds. The third-order valence-electron chi connectivity index (χ3n) is 4.26. The van der Waals surface area contributed by atoms with Crippen LogP contribution in [0.2, 0.25) is 0 Å². The molecule has 4 rings (SSSR count). The van der Waals surface area contributed by atoms with Crippen molar-refractivity contribution in [3.8, 4) is 23.0 Å². The Kier molecular flexibility index (Phi) is 6.05. The summed E-state index contributed by atoms with van der Waals surface area (Å²) in [5.74, 6) is 1.24. The lowest BCUT2D eigenvalue weighted by Gasteiger charge is -2.11. The van der Waals surface area contributed by atoms with Gasteiger partial charge < -0.3 is 10.1 Å². The Morgan fingerprint density at radius 3 is 2.53 bits per heavy atom. The van der Waals surface area contributed by atoms with Crippen LogP contribution >= 0.6 is 11.8 Å². The standard InChI is InChI=1S/C22H19N5O2S/c1-29-19-13-6-5-11-17(19)24-20(28)15-30-22-26-25-21(18-12-7-8-14-23-18)27(22)16-9-3-2-4-10-16/h2-14H,15H2,1H3,(H,24,28). The Balaban J connectivity index is 1.57. The average Bonchev–Trinajstić information content (AvgIpc) is 3.23. The van der Waals surface area contributed by atoms with E-state index >= 15 is 0 Å². The van der Waals surface area contributed by atoms with Crippen molar-refractivity contribution in [3.05, 3.63) is 79.0 Å². The van der Waals surface area contributed by atoms with Gasteiger partial charge in [-0.05, 0) is 36.4 Å². The summed E-state index contributed by atoms with van der Waals surface area (Å²) in [6.45, 7) is 0. The number of nitrogens with zero attached hydrogens (tertiary/aromatic N) is 4. The normalized spacial score (nSPS) is 10.6. The van der Waals surface area contributed by atoms with Crippen LogP contribution < -0.4 is 10.1 Å². The first-order valence-electron chi connectivity index (χ1n) is 9.24. The molecule has 0 aliphatic heterocycles. The fourth-order valence-corrected chi connectivity index (χ4v) is 3.65. The molecule has 0 fully saturated rings. The van der Waals surface area contributed by atoms with Gasteiger partial charge in [-0.15, -0.1) is 10.2 Å². The maximum absolute atomic E-state index is 12.5. The van der Waals surface area contributed by atoms with Crippen molar-refractivity contribution in [1.82, 2.24) is 19.7 Å². The molecule has 1 N–H and O–H groups in total. The van der Waals surface area contributed by atoms with Gasteiger partial charge >= 0.3 is 0 Å². The molecular formula is C22H19N5O2S. The Morgan fingerprint density at radius 2 is 1.77 bits per heavy atom. The number of carbonyl (C=O) groups excluding carboxylic acids is 1. The summed E-state index contributed by atoms with van der Waals surface area (Å²) in [4.78, 5) is 16.9. The molecule has 8 heteroatoms. The Labute approximate surface area is 178 Å². The molecule has 7 nitrogen and oxygen atoms in total. The molecule has 0 radical (unpaired) electrons. The van der Waals surface area contributed by atoms with Gasteiger partial charge in [0.2, 0.25) is 5.91 Å². The number of hydrogen-bond acceptors (Lipinski definition) is 6. The highest BCUT2D eigenvalue weighted by Gasteiger charge is 2.18. The number of anilines is 1. The summed E-state index contributed by atoms with van der Waals surface area (Å²) < 4.78 is 7.19. The highest BCUT2D eigenvalue weighted by atomic mass is 32.2. The van der Waals surface area contributed by atoms with E-state index in [1.54, 1.807) is 25.4 Å². The zero-order valence-electron chi connectivity index (χ0n) is 16.2. The minimum atomic E-state index is -0.161. The third-order valence-corrected chi connectivity index (χ3v) is 5.18. The molecule has 150 valence electrons. The summed E-state index contributed by atoms with van der Waals surface area (Å²) in [6, 6.07) is 22.7. The van der Waals surface area contributed by atoms with E-state index < -0.39 is 0 Å². The average molecular weight is 417 g/mol. The lowest BCUT2D eigenvalue weighted by Crippen LogP contribution is -2.15. The van der Waals surface area contributed by atoms with Crippen molar-refractivity contribution in [1.29, 1.82) is 0 Å². The van der Waals surface area contributed by atoms with Crippen molar-refractivity contribution in [2.24, 2.45) is 0 Å². The molecule has 4 aromatic rings. The molecular weight excluding hydrogens is 398 g/mol. The Hall–Kier alpha value is -3.65. The van der Waals surface area contributed by atoms with Crippen LogP contribution in [0.4, 0.5) is 5.69 Å². The second-order valence-corrected chi connectivity index (χ2v) is 7.17. The van der Waals surface area contributed by atoms with E-state index in [1.165, 1.54) is 11.8 Å². The van der Waals surface area contributed by atoms with Crippen LogP contribution in [0.15, 0.2) is 84.1 Å². The molecule has 0 aliphatic carbocycles. The van der Waals surface area contributed by atoms with Crippen molar-refractivity contribution < 1.29 is 9.53 Å². The van der Waals surface area contributed by atoms with E-state index in [-0.39, 0.29) is 11.7 Å². The molecule has 2 heterocycles. The number of hydrogen-bond donors (Lipinski definition) is 1. The molecule has 0 atom stereocenters. The zero-order chi connectivity index (χ0) is 20.8. The topological polar surface area (TPSA) is 81.9 Å². The number of ether oxygens (including phenoxy) is 1. The van der Waals surface area contributed by atoms with Crippen molar-refractivity contribution in [2.75, 3.05) is 18.2 Å². The lowest BCUT2D eigenvalue weighted by atomic mass is 10.3. The van der Waals surface area contributed by atoms with Crippen LogP contribution in [-0.4, -0.2) is 38.5 Å². The molecule has 0 aliphatic rings. The maximum atomic E-state index is 12.5. The maximum Gasteiger partial charge on any atom is 0.234 e. The summed E-state index contributed by atoms with van der Waals surface area (Å²) in [6.07, 6.45) is 1.72. The van der Waals surface area contributed by atoms with E-state index in [0.717, 1.165) is 5.69 Å². The molecule has 0 saturated carbocycles. The van der Waals surface area contributed by atoms with Crippen LogP contribution in [-0.2, 0) is 4.79 Å². The molecule has 0 bridgehead atoms. The van der Waals surface area contributed by atoms with Crippen LogP contribution in [0.5, 0.6) is 5.75 Å². The van der Waals surface area contributed by atoms with Crippen LogP contribution in [0, 0.1) is 0 Å². The highest BCUT2D eigenvalue weighted by Crippen LogP contribution is 2.28. The number of aromatic nitrogens is 4. The van der Waals surface area contributed by atoms with Gasteiger partial charge in [-0.3, -0.25) is 14.3 Å². The molecule has 30 heavy (non-hydrogen) atoms. The number of rotatable bonds is 7. The second kappa shape index (κ2) is 9.23. The first kappa shape index (κ1) is 19.7. The van der Waals surface area contributed by atoms with Crippen molar-refractivity contribution in [2.45, 2.75) is 5.16 Å². The van der Waals surface area contributed by atoms with Gasteiger partial charge in [-0.2, -0.15) is 0 Å². The third kappa shape index (κ3) is 4.33. The molecule has 0 saturated heterocycles. The van der Waals surface area contributed by atoms with E-state index in [0.29, 0.717) is 28.1 Å². The summed E-state index contributed by atoms with van der Waals surface area (Å²) >= 11 is 1.31. The minimum Gasteiger partial charge on any atom is -0.495 e. The first-order chi connectivity index (χ1) is 14.8. The summed E-state index contributed by atoms with van der Waals surface area (Å²) in [5, 5.41) is 12.1. The number of benzene rings is 2. The zero-order valence-corrected chi connectivity index (χ0v) is 17.0. The number of pyridine rings is 1. The largest absolute Gasteiger partial charge is 0.495 e. The SMILES string of the molecule is COc1ccccc1NC(=O)CSc1nnc(-c2ccccn2)n1-c1ccccc1. The van der Waals surface area contributed by atoms with E-state index in [9.17, 15) is 4.79 Å². The Morgan fingerprint density at radius 1 is 1.00 bits per heavy atom. The second-order valence-electron chi connectivity index (χ2n) is 6.23. The molecule has 0 spiro atoms. The van der Waals surface area contributed by atoms with E-state index in [1.807, 2.05) is 65.2 Å². The first-order valence-corrected chi connectivity index (χ1v) is 10.2. The smallest absolute Gasteiger partial charge is 0.234 e. The number of thioether (sulfide) groups is 1. The van der Waals surface area contributed by atoms with Crippen molar-refractivity contribution >= 4 is 23.4 Å². The molecule has 2 aromatic carbocycles. The van der Waals surface area contributed by atoms with Gasteiger partial charge in [-0.25, -0.2) is 0 Å². The van der Waals surface area contributed by atoms with Gasteiger partial charge in [0.15, 0.2) is 11.0 Å². The monoisotopic (exact) mass is 417 g/mol. The molecule has 2 aromatic heterocycles. The predicted octanol–water partition coefficient (Wildman–Crippen LogP) is 4.07. The molecule has 0 unspecified atom stereocenters.